The fourth-order valence-corrected chi connectivity index (χ4v) is 2.57. The van der Waals surface area contributed by atoms with E-state index in [0.717, 1.165) is 6.61 Å². The van der Waals surface area contributed by atoms with Crippen molar-refractivity contribution < 1.29 is 4.74 Å². The van der Waals surface area contributed by atoms with E-state index in [0.29, 0.717) is 6.10 Å². The van der Waals surface area contributed by atoms with Gasteiger partial charge in [0.15, 0.2) is 0 Å². The topological polar surface area (TPSA) is 12.5 Å². The van der Waals surface area contributed by atoms with E-state index < -0.39 is 0 Å². The zero-order valence-electron chi connectivity index (χ0n) is 9.39. The number of epoxide rings is 1. The fourth-order valence-electron chi connectivity index (χ4n) is 2.57. The van der Waals surface area contributed by atoms with Gasteiger partial charge in [0, 0.05) is 0 Å². The normalized spacial score (nSPS) is 18.7. The van der Waals surface area contributed by atoms with Crippen LogP contribution in [0, 0.1) is 0 Å². The second-order valence-electron chi connectivity index (χ2n) is 4.55. The molecule has 1 saturated heterocycles. The van der Waals surface area contributed by atoms with Gasteiger partial charge in [0.25, 0.3) is 0 Å². The number of ether oxygens (including phenoxy) is 1. The van der Waals surface area contributed by atoms with Crippen LogP contribution in [0.15, 0.2) is 54.6 Å². The number of benzene rings is 3. The van der Waals surface area contributed by atoms with Gasteiger partial charge in [-0.15, -0.1) is 0 Å². The molecule has 4 rings (SSSR count). The zero-order chi connectivity index (χ0) is 11.2. The van der Waals surface area contributed by atoms with Crippen molar-refractivity contribution in [3.05, 3.63) is 60.2 Å². The first-order valence-corrected chi connectivity index (χ1v) is 5.95. The van der Waals surface area contributed by atoms with E-state index in [1.807, 2.05) is 0 Å². The average molecular weight is 220 g/mol. The Morgan fingerprint density at radius 3 is 2.47 bits per heavy atom. The molecule has 0 amide bonds. The van der Waals surface area contributed by atoms with Crippen molar-refractivity contribution in [1.29, 1.82) is 0 Å². The molecule has 1 fully saturated rings. The van der Waals surface area contributed by atoms with Crippen molar-refractivity contribution >= 4 is 21.5 Å². The summed E-state index contributed by atoms with van der Waals surface area (Å²) in [5.41, 5.74) is 1.33. The van der Waals surface area contributed by atoms with Gasteiger partial charge in [0.05, 0.1) is 6.61 Å². The fraction of sp³-hybridized carbons (Fsp3) is 0.125. The summed E-state index contributed by atoms with van der Waals surface area (Å²) in [5.74, 6) is 0. The molecular formula is C16H12O. The highest BCUT2D eigenvalue weighted by molar-refractivity contribution is 6.08. The van der Waals surface area contributed by atoms with Crippen LogP contribution in [0.2, 0.25) is 0 Å². The highest BCUT2D eigenvalue weighted by Crippen LogP contribution is 2.36. The van der Waals surface area contributed by atoms with Gasteiger partial charge in [0.2, 0.25) is 0 Å². The predicted octanol–water partition coefficient (Wildman–Crippen LogP) is 4.06. The molecule has 1 unspecified atom stereocenters. The van der Waals surface area contributed by atoms with Crippen LogP contribution in [-0.4, -0.2) is 6.61 Å². The Morgan fingerprint density at radius 1 is 0.765 bits per heavy atom. The lowest BCUT2D eigenvalue weighted by Gasteiger charge is -2.07. The summed E-state index contributed by atoms with van der Waals surface area (Å²) in [6.07, 6.45) is 0.319. The van der Waals surface area contributed by atoms with Crippen molar-refractivity contribution in [2.75, 3.05) is 6.61 Å². The summed E-state index contributed by atoms with van der Waals surface area (Å²) in [4.78, 5) is 0. The van der Waals surface area contributed by atoms with Gasteiger partial charge < -0.3 is 4.74 Å². The van der Waals surface area contributed by atoms with Crippen molar-refractivity contribution in [2.24, 2.45) is 0 Å². The summed E-state index contributed by atoms with van der Waals surface area (Å²) < 4.78 is 5.41. The minimum absolute atomic E-state index is 0.319. The molecule has 0 bridgehead atoms. The van der Waals surface area contributed by atoms with Crippen LogP contribution in [0.25, 0.3) is 21.5 Å². The van der Waals surface area contributed by atoms with Crippen LogP contribution in [-0.2, 0) is 4.74 Å². The van der Waals surface area contributed by atoms with Crippen LogP contribution < -0.4 is 0 Å². The molecule has 0 N–H and O–H groups in total. The summed E-state index contributed by atoms with van der Waals surface area (Å²) >= 11 is 0. The maximum atomic E-state index is 5.41. The summed E-state index contributed by atoms with van der Waals surface area (Å²) in [7, 11) is 0. The molecule has 1 aliphatic heterocycles. The minimum Gasteiger partial charge on any atom is -0.368 e. The lowest BCUT2D eigenvalue weighted by atomic mass is 9.97. The molecule has 1 heterocycles. The van der Waals surface area contributed by atoms with Gasteiger partial charge in [0.1, 0.15) is 6.10 Å². The summed E-state index contributed by atoms with van der Waals surface area (Å²) in [5, 5.41) is 5.28. The lowest BCUT2D eigenvalue weighted by molar-refractivity contribution is 0.417. The van der Waals surface area contributed by atoms with Crippen molar-refractivity contribution in [2.45, 2.75) is 6.10 Å². The first-order chi connectivity index (χ1) is 8.43. The molecule has 82 valence electrons. The Balaban J connectivity index is 2.16. The van der Waals surface area contributed by atoms with Crippen LogP contribution >= 0.6 is 0 Å². The van der Waals surface area contributed by atoms with E-state index in [4.69, 9.17) is 4.74 Å². The molecular weight excluding hydrogens is 208 g/mol. The van der Waals surface area contributed by atoms with E-state index in [-0.39, 0.29) is 0 Å². The van der Waals surface area contributed by atoms with Gasteiger partial charge in [-0.2, -0.15) is 0 Å². The second-order valence-corrected chi connectivity index (χ2v) is 4.55. The summed E-state index contributed by atoms with van der Waals surface area (Å²) in [6, 6.07) is 19.5. The van der Waals surface area contributed by atoms with Gasteiger partial charge in [-0.3, -0.25) is 0 Å². The lowest BCUT2D eigenvalue weighted by Crippen LogP contribution is -1.85. The first kappa shape index (κ1) is 9.20. The third-order valence-corrected chi connectivity index (χ3v) is 3.50. The van der Waals surface area contributed by atoms with Crippen LogP contribution in [0.1, 0.15) is 11.7 Å². The molecule has 1 heteroatoms. The second kappa shape index (κ2) is 3.31. The molecule has 3 aromatic carbocycles. The molecule has 1 atom stereocenters. The molecule has 17 heavy (non-hydrogen) atoms. The Bertz CT molecular complexity index is 711. The number of hydrogen-bond acceptors (Lipinski definition) is 1. The molecule has 3 aromatic rings. The van der Waals surface area contributed by atoms with E-state index >= 15 is 0 Å². The van der Waals surface area contributed by atoms with Crippen LogP contribution in [0.5, 0.6) is 0 Å². The van der Waals surface area contributed by atoms with Gasteiger partial charge >= 0.3 is 0 Å². The first-order valence-electron chi connectivity index (χ1n) is 5.95. The smallest absolute Gasteiger partial charge is 0.107 e. The van der Waals surface area contributed by atoms with Gasteiger partial charge in [-0.05, 0) is 27.1 Å². The molecule has 0 radical (unpaired) electrons. The van der Waals surface area contributed by atoms with Crippen molar-refractivity contribution in [1.82, 2.24) is 0 Å². The highest BCUT2D eigenvalue weighted by atomic mass is 16.6. The molecule has 1 nitrogen and oxygen atoms in total. The molecule has 1 aliphatic rings. The Hall–Kier alpha value is -1.86. The van der Waals surface area contributed by atoms with E-state index in [1.54, 1.807) is 0 Å². The monoisotopic (exact) mass is 220 g/mol. The largest absolute Gasteiger partial charge is 0.368 e. The van der Waals surface area contributed by atoms with Gasteiger partial charge in [-0.1, -0.05) is 54.6 Å². The van der Waals surface area contributed by atoms with Gasteiger partial charge in [-0.25, -0.2) is 0 Å². The molecule has 0 saturated carbocycles. The minimum atomic E-state index is 0.319. The van der Waals surface area contributed by atoms with Crippen LogP contribution in [0.3, 0.4) is 0 Å². The third-order valence-electron chi connectivity index (χ3n) is 3.50. The average Bonchev–Trinajstić information content (AvgIpc) is 3.22. The zero-order valence-corrected chi connectivity index (χ0v) is 9.39. The maximum Gasteiger partial charge on any atom is 0.107 e. The van der Waals surface area contributed by atoms with Crippen molar-refractivity contribution in [3.63, 3.8) is 0 Å². The quantitative estimate of drug-likeness (QED) is 0.445. The molecule has 0 aromatic heterocycles. The Labute approximate surface area is 99.6 Å². The number of rotatable bonds is 1. The Morgan fingerprint density at radius 2 is 1.59 bits per heavy atom. The molecule has 0 aliphatic carbocycles. The van der Waals surface area contributed by atoms with E-state index in [1.165, 1.54) is 27.1 Å². The number of fused-ring (bicyclic) bond motifs is 3. The van der Waals surface area contributed by atoms with Crippen molar-refractivity contribution in [3.8, 4) is 0 Å². The summed E-state index contributed by atoms with van der Waals surface area (Å²) in [6.45, 7) is 0.867. The standard InChI is InChI=1S/C16H12O/c1-2-5-12-11(4-1)8-9-14-13(12)6-3-7-15(14)16-10-17-16/h1-9,16H,10H2. The van der Waals surface area contributed by atoms with E-state index in [9.17, 15) is 0 Å². The third kappa shape index (κ3) is 1.36. The Kier molecular flexibility index (Phi) is 1.79. The maximum absolute atomic E-state index is 5.41. The highest BCUT2D eigenvalue weighted by Gasteiger charge is 2.26. The predicted molar refractivity (Wildman–Crippen MR) is 70.1 cm³/mol. The van der Waals surface area contributed by atoms with Crippen LogP contribution in [0.4, 0.5) is 0 Å². The SMILES string of the molecule is c1ccc2c(c1)ccc1c(C3CO3)cccc12. The van der Waals surface area contributed by atoms with E-state index in [2.05, 4.69) is 54.6 Å². The number of hydrogen-bond donors (Lipinski definition) is 0. The molecule has 0 spiro atoms.